The Labute approximate surface area is 192 Å². The third kappa shape index (κ3) is 5.12. The zero-order valence-corrected chi connectivity index (χ0v) is 18.9. The summed E-state index contributed by atoms with van der Waals surface area (Å²) in [4.78, 5) is 21.4. The number of aryl methyl sites for hydroxylation is 2. The van der Waals surface area contributed by atoms with Gasteiger partial charge in [-0.3, -0.25) is 0 Å². The van der Waals surface area contributed by atoms with Gasteiger partial charge >= 0.3 is 6.03 Å². The van der Waals surface area contributed by atoms with Crippen LogP contribution in [0.2, 0.25) is 0 Å². The minimum Gasteiger partial charge on any atom is -0.497 e. The zero-order valence-electron chi connectivity index (χ0n) is 18.9. The maximum absolute atomic E-state index is 12.7. The summed E-state index contributed by atoms with van der Waals surface area (Å²) in [7, 11) is 3.19. The van der Waals surface area contributed by atoms with Crippen LogP contribution >= 0.6 is 0 Å². The molecule has 1 aromatic heterocycles. The van der Waals surface area contributed by atoms with Gasteiger partial charge in [0.15, 0.2) is 0 Å². The van der Waals surface area contributed by atoms with Gasteiger partial charge in [0.05, 0.1) is 25.4 Å². The number of nitrogens with zero attached hydrogens (tertiary/aromatic N) is 2. The van der Waals surface area contributed by atoms with Crippen LogP contribution in [-0.2, 0) is 0 Å². The molecule has 0 atom stereocenters. The lowest BCUT2D eigenvalue weighted by Gasteiger charge is -2.14. The smallest absolute Gasteiger partial charge is 0.323 e. The third-order valence-corrected chi connectivity index (χ3v) is 5.01. The summed E-state index contributed by atoms with van der Waals surface area (Å²) in [5.74, 6) is 1.90. The second-order valence-electron chi connectivity index (χ2n) is 7.61. The number of para-hydroxylation sites is 1. The van der Waals surface area contributed by atoms with Gasteiger partial charge in [-0.1, -0.05) is 12.1 Å². The summed E-state index contributed by atoms with van der Waals surface area (Å²) in [5.41, 5.74) is 4.82. The standard InChI is InChI=1S/C25H25N5O3/c1-15-8-16(2)10-17(9-15)29-25(31)30-22-7-5-6-21-23(22)26-14-27-24(21)28-18-11-19(32-3)13-20(12-18)33-4/h5-14H,1-4H3,(H,26,27,28)(H2,29,30,31). The molecule has 0 saturated heterocycles. The van der Waals surface area contributed by atoms with E-state index in [9.17, 15) is 4.79 Å². The fourth-order valence-electron chi connectivity index (χ4n) is 3.64. The molecule has 4 rings (SSSR count). The highest BCUT2D eigenvalue weighted by molar-refractivity contribution is 6.07. The molecule has 33 heavy (non-hydrogen) atoms. The van der Waals surface area contributed by atoms with Gasteiger partial charge < -0.3 is 25.4 Å². The van der Waals surface area contributed by atoms with Crippen molar-refractivity contribution in [2.75, 3.05) is 30.2 Å². The molecule has 168 valence electrons. The molecule has 0 aliphatic carbocycles. The summed E-state index contributed by atoms with van der Waals surface area (Å²) >= 11 is 0. The first-order valence-corrected chi connectivity index (χ1v) is 10.4. The number of carbonyl (C=O) groups is 1. The Hall–Kier alpha value is -4.33. The number of ether oxygens (including phenoxy) is 2. The highest BCUT2D eigenvalue weighted by Crippen LogP contribution is 2.31. The highest BCUT2D eigenvalue weighted by Gasteiger charge is 2.12. The molecule has 0 bridgehead atoms. The lowest BCUT2D eigenvalue weighted by molar-refractivity contribution is 0.262. The van der Waals surface area contributed by atoms with Gasteiger partial charge in [-0.2, -0.15) is 0 Å². The molecular weight excluding hydrogens is 418 g/mol. The van der Waals surface area contributed by atoms with Gasteiger partial charge in [-0.05, 0) is 49.2 Å². The SMILES string of the molecule is COc1cc(Nc2ncnc3c(NC(=O)Nc4cc(C)cc(C)c4)cccc23)cc(OC)c1. The normalized spacial score (nSPS) is 10.5. The third-order valence-electron chi connectivity index (χ3n) is 5.01. The van der Waals surface area contributed by atoms with Crippen LogP contribution in [-0.4, -0.2) is 30.2 Å². The lowest BCUT2D eigenvalue weighted by Crippen LogP contribution is -2.20. The Kier molecular flexibility index (Phi) is 6.26. The van der Waals surface area contributed by atoms with Crippen molar-refractivity contribution in [1.29, 1.82) is 0 Å². The summed E-state index contributed by atoms with van der Waals surface area (Å²) < 4.78 is 10.7. The maximum atomic E-state index is 12.7. The monoisotopic (exact) mass is 443 g/mol. The van der Waals surface area contributed by atoms with E-state index in [1.54, 1.807) is 26.4 Å². The van der Waals surface area contributed by atoms with Crippen molar-refractivity contribution < 1.29 is 14.3 Å². The number of carbonyl (C=O) groups excluding carboxylic acids is 1. The molecule has 8 nitrogen and oxygen atoms in total. The van der Waals surface area contributed by atoms with Crippen molar-refractivity contribution in [3.8, 4) is 11.5 Å². The number of nitrogens with one attached hydrogen (secondary N) is 3. The van der Waals surface area contributed by atoms with Gasteiger partial charge in [0.2, 0.25) is 0 Å². The van der Waals surface area contributed by atoms with E-state index in [0.717, 1.165) is 27.9 Å². The molecule has 0 fully saturated rings. The van der Waals surface area contributed by atoms with E-state index in [4.69, 9.17) is 9.47 Å². The molecule has 3 N–H and O–H groups in total. The van der Waals surface area contributed by atoms with E-state index in [1.807, 2.05) is 50.2 Å². The minimum absolute atomic E-state index is 0.349. The van der Waals surface area contributed by atoms with Crippen LogP contribution in [0.3, 0.4) is 0 Å². The number of hydrogen-bond donors (Lipinski definition) is 3. The van der Waals surface area contributed by atoms with Gasteiger partial charge in [0, 0.05) is 35.0 Å². The minimum atomic E-state index is -0.349. The largest absolute Gasteiger partial charge is 0.497 e. The maximum Gasteiger partial charge on any atom is 0.323 e. The highest BCUT2D eigenvalue weighted by atomic mass is 16.5. The van der Waals surface area contributed by atoms with Crippen molar-refractivity contribution in [1.82, 2.24) is 9.97 Å². The molecule has 0 aliphatic heterocycles. The van der Waals surface area contributed by atoms with E-state index >= 15 is 0 Å². The fraction of sp³-hybridized carbons (Fsp3) is 0.160. The average molecular weight is 444 g/mol. The Bertz CT molecular complexity index is 1280. The number of amides is 2. The van der Waals surface area contributed by atoms with Crippen LogP contribution in [0.4, 0.5) is 27.7 Å². The molecule has 0 unspecified atom stereocenters. The molecular formula is C25H25N5O3. The number of hydrogen-bond acceptors (Lipinski definition) is 6. The van der Waals surface area contributed by atoms with Gasteiger partial charge in [0.1, 0.15) is 23.6 Å². The second kappa shape index (κ2) is 9.44. The summed E-state index contributed by atoms with van der Waals surface area (Å²) in [5, 5.41) is 9.81. The number of benzene rings is 3. The van der Waals surface area contributed by atoms with Gasteiger partial charge in [-0.15, -0.1) is 0 Å². The number of urea groups is 1. The summed E-state index contributed by atoms with van der Waals surface area (Å²) in [6.07, 6.45) is 1.45. The van der Waals surface area contributed by atoms with Crippen LogP contribution < -0.4 is 25.4 Å². The van der Waals surface area contributed by atoms with Gasteiger partial charge in [0.25, 0.3) is 0 Å². The predicted molar refractivity (Wildman–Crippen MR) is 131 cm³/mol. The van der Waals surface area contributed by atoms with Crippen molar-refractivity contribution >= 4 is 39.8 Å². The Balaban J connectivity index is 1.61. The summed E-state index contributed by atoms with van der Waals surface area (Å²) in [6, 6.07) is 16.6. The van der Waals surface area contributed by atoms with Crippen molar-refractivity contribution in [3.63, 3.8) is 0 Å². The van der Waals surface area contributed by atoms with E-state index in [1.165, 1.54) is 6.33 Å². The first-order chi connectivity index (χ1) is 15.9. The van der Waals surface area contributed by atoms with Crippen LogP contribution in [0, 0.1) is 13.8 Å². The van der Waals surface area contributed by atoms with Gasteiger partial charge in [-0.25, -0.2) is 14.8 Å². The molecule has 2 amide bonds. The summed E-state index contributed by atoms with van der Waals surface area (Å²) in [6.45, 7) is 3.98. The number of fused-ring (bicyclic) bond motifs is 1. The first kappa shape index (κ1) is 21.9. The fourth-order valence-corrected chi connectivity index (χ4v) is 3.64. The number of anilines is 4. The van der Waals surface area contributed by atoms with Crippen molar-refractivity contribution in [2.45, 2.75) is 13.8 Å². The Morgan fingerprint density at radius 1 is 0.818 bits per heavy atom. The van der Waals surface area contributed by atoms with E-state index < -0.39 is 0 Å². The molecule has 3 aromatic carbocycles. The van der Waals surface area contributed by atoms with E-state index in [2.05, 4.69) is 32.0 Å². The lowest BCUT2D eigenvalue weighted by atomic mass is 10.1. The average Bonchev–Trinajstić information content (AvgIpc) is 2.78. The topological polar surface area (TPSA) is 97.4 Å². The van der Waals surface area contributed by atoms with E-state index in [0.29, 0.717) is 28.5 Å². The van der Waals surface area contributed by atoms with Crippen LogP contribution in [0.1, 0.15) is 11.1 Å². The molecule has 4 aromatic rings. The molecule has 0 radical (unpaired) electrons. The molecule has 8 heteroatoms. The Morgan fingerprint density at radius 2 is 1.52 bits per heavy atom. The second-order valence-corrected chi connectivity index (χ2v) is 7.61. The van der Waals surface area contributed by atoms with Crippen LogP contribution in [0.15, 0.2) is 60.9 Å². The van der Waals surface area contributed by atoms with Crippen LogP contribution in [0.25, 0.3) is 10.9 Å². The molecule has 0 aliphatic rings. The number of methoxy groups -OCH3 is 2. The quantitative estimate of drug-likeness (QED) is 0.356. The predicted octanol–water partition coefficient (Wildman–Crippen LogP) is 5.65. The number of aromatic nitrogens is 2. The first-order valence-electron chi connectivity index (χ1n) is 10.4. The van der Waals surface area contributed by atoms with E-state index in [-0.39, 0.29) is 6.03 Å². The van der Waals surface area contributed by atoms with Crippen molar-refractivity contribution in [3.05, 3.63) is 72.1 Å². The van der Waals surface area contributed by atoms with Crippen LogP contribution in [0.5, 0.6) is 11.5 Å². The van der Waals surface area contributed by atoms with Crippen molar-refractivity contribution in [2.24, 2.45) is 0 Å². The molecule has 1 heterocycles. The zero-order chi connectivity index (χ0) is 23.4. The number of rotatable bonds is 6. The Morgan fingerprint density at radius 3 is 2.18 bits per heavy atom. The molecule has 0 saturated carbocycles. The molecule has 0 spiro atoms.